The number of hydrogen-bond donors (Lipinski definition) is 2. The van der Waals surface area contributed by atoms with Crippen molar-refractivity contribution in [3.8, 4) is 22.8 Å². The van der Waals surface area contributed by atoms with E-state index in [1.165, 1.54) is 24.3 Å². The number of carbonyl (C=O) groups is 2. The highest BCUT2D eigenvalue weighted by Gasteiger charge is 2.31. The van der Waals surface area contributed by atoms with Crippen molar-refractivity contribution in [3.05, 3.63) is 77.5 Å². The van der Waals surface area contributed by atoms with Crippen LogP contribution in [0.5, 0.6) is 11.6 Å². The lowest BCUT2D eigenvalue weighted by Gasteiger charge is -2.32. The van der Waals surface area contributed by atoms with Gasteiger partial charge in [-0.1, -0.05) is 36.4 Å². The van der Waals surface area contributed by atoms with E-state index in [1.54, 1.807) is 17.2 Å². The molecule has 1 fully saturated rings. The van der Waals surface area contributed by atoms with Gasteiger partial charge in [0.15, 0.2) is 0 Å². The Morgan fingerprint density at radius 2 is 1.69 bits per heavy atom. The van der Waals surface area contributed by atoms with Crippen molar-refractivity contribution >= 4 is 11.8 Å². The minimum atomic E-state index is -4.77. The van der Waals surface area contributed by atoms with Gasteiger partial charge in [-0.25, -0.2) is 4.98 Å². The number of piperidine rings is 1. The Hall–Kier alpha value is -4.12. The lowest BCUT2D eigenvalue weighted by molar-refractivity contribution is -0.274. The molecular formula is C28H29F3N4O4. The van der Waals surface area contributed by atoms with E-state index in [9.17, 15) is 22.8 Å². The predicted octanol–water partition coefficient (Wildman–Crippen LogP) is 4.38. The minimum absolute atomic E-state index is 0.0534. The first-order chi connectivity index (χ1) is 18.5. The van der Waals surface area contributed by atoms with E-state index >= 15 is 0 Å². The minimum Gasteiger partial charge on any atom is -0.474 e. The van der Waals surface area contributed by atoms with E-state index in [0.29, 0.717) is 37.1 Å². The molecule has 11 heteroatoms. The van der Waals surface area contributed by atoms with E-state index < -0.39 is 12.3 Å². The van der Waals surface area contributed by atoms with E-state index in [0.717, 1.165) is 11.1 Å². The second-order valence-electron chi connectivity index (χ2n) is 9.42. The van der Waals surface area contributed by atoms with Crippen LogP contribution in [0.25, 0.3) is 11.1 Å². The van der Waals surface area contributed by atoms with Gasteiger partial charge in [-0.3, -0.25) is 9.59 Å². The van der Waals surface area contributed by atoms with Crippen molar-refractivity contribution in [1.82, 2.24) is 9.88 Å². The third-order valence-corrected chi connectivity index (χ3v) is 6.47. The van der Waals surface area contributed by atoms with Gasteiger partial charge < -0.3 is 25.8 Å². The van der Waals surface area contributed by atoms with Gasteiger partial charge in [-0.2, -0.15) is 0 Å². The number of ether oxygens (including phenoxy) is 2. The summed E-state index contributed by atoms with van der Waals surface area (Å²) in [6, 6.07) is 14.4. The summed E-state index contributed by atoms with van der Waals surface area (Å²) in [7, 11) is 0. The van der Waals surface area contributed by atoms with E-state index in [-0.39, 0.29) is 41.7 Å². The lowest BCUT2D eigenvalue weighted by atomic mass is 10.0. The summed E-state index contributed by atoms with van der Waals surface area (Å²) in [5.41, 5.74) is 14.8. The average Bonchev–Trinajstić information content (AvgIpc) is 2.89. The molecule has 206 valence electrons. The Kier molecular flexibility index (Phi) is 8.39. The third kappa shape index (κ3) is 7.47. The Morgan fingerprint density at radius 1 is 1.05 bits per heavy atom. The fourth-order valence-electron chi connectivity index (χ4n) is 4.34. The van der Waals surface area contributed by atoms with Crippen LogP contribution < -0.4 is 20.9 Å². The quantitative estimate of drug-likeness (QED) is 0.436. The lowest BCUT2D eigenvalue weighted by Crippen LogP contribution is -2.42. The summed E-state index contributed by atoms with van der Waals surface area (Å²) in [5.74, 6) is -1.00. The first-order valence-electron chi connectivity index (χ1n) is 12.4. The second-order valence-corrected chi connectivity index (χ2v) is 9.42. The number of alkyl halides is 3. The van der Waals surface area contributed by atoms with Crippen LogP contribution in [0.4, 0.5) is 13.2 Å². The molecule has 1 saturated heterocycles. The average molecular weight is 543 g/mol. The molecule has 39 heavy (non-hydrogen) atoms. The van der Waals surface area contributed by atoms with E-state index in [2.05, 4.69) is 9.72 Å². The summed E-state index contributed by atoms with van der Waals surface area (Å²) in [6.07, 6.45) is -2.33. The second kappa shape index (κ2) is 11.7. The number of hydrogen-bond acceptors (Lipinski definition) is 6. The van der Waals surface area contributed by atoms with Crippen LogP contribution in [-0.4, -0.2) is 47.3 Å². The first kappa shape index (κ1) is 27.9. The molecule has 2 aromatic carbocycles. The molecular weight excluding hydrogens is 513 g/mol. The Morgan fingerprint density at radius 3 is 2.26 bits per heavy atom. The highest BCUT2D eigenvalue weighted by molar-refractivity contribution is 5.96. The van der Waals surface area contributed by atoms with Crippen molar-refractivity contribution < 1.29 is 32.2 Å². The molecule has 0 saturated carbocycles. The summed E-state index contributed by atoms with van der Waals surface area (Å²) >= 11 is 0. The van der Waals surface area contributed by atoms with Gasteiger partial charge in [0.25, 0.3) is 5.91 Å². The number of likely N-dealkylation sites (tertiary alicyclic amines) is 1. The summed E-state index contributed by atoms with van der Waals surface area (Å²) in [6.45, 7) is 2.75. The molecule has 1 aliphatic rings. The van der Waals surface area contributed by atoms with E-state index in [1.807, 2.05) is 31.2 Å². The SMILES string of the molecule is C[C@H](N)c1ccc(-c2cnc(OC3CCN(C(=O)Cc4ccc(OC(F)(F)F)cc4)CC3)c(C(N)=O)c2)cc1. The third-order valence-electron chi connectivity index (χ3n) is 6.47. The topological polar surface area (TPSA) is 121 Å². The predicted molar refractivity (Wildman–Crippen MR) is 138 cm³/mol. The molecule has 0 radical (unpaired) electrons. The molecule has 1 atom stereocenters. The zero-order chi connectivity index (χ0) is 28.2. The van der Waals surface area contributed by atoms with Crippen molar-refractivity contribution in [2.24, 2.45) is 11.5 Å². The maximum Gasteiger partial charge on any atom is 0.573 e. The van der Waals surface area contributed by atoms with Crippen LogP contribution in [0, 0.1) is 0 Å². The number of halogens is 3. The van der Waals surface area contributed by atoms with Gasteiger partial charge in [-0.15, -0.1) is 13.2 Å². The number of primary amides is 1. The van der Waals surface area contributed by atoms with Gasteiger partial charge in [-0.05, 0) is 41.8 Å². The highest BCUT2D eigenvalue weighted by Crippen LogP contribution is 2.28. The summed E-state index contributed by atoms with van der Waals surface area (Å²) in [5, 5.41) is 0. The standard InChI is InChI=1S/C28H29F3N4O4/c1-17(32)19-4-6-20(7-5-19)21-15-24(26(33)37)27(34-16-21)38-22-10-12-35(13-11-22)25(36)14-18-2-8-23(9-3-18)39-28(29,30)31/h2-9,15-17,22H,10-14,32H2,1H3,(H2,33,37)/t17-/m0/s1. The Labute approximate surface area is 223 Å². The molecule has 0 bridgehead atoms. The molecule has 0 aliphatic carbocycles. The van der Waals surface area contributed by atoms with Crippen molar-refractivity contribution in [2.75, 3.05) is 13.1 Å². The number of carbonyl (C=O) groups excluding carboxylic acids is 2. The molecule has 2 heterocycles. The maximum absolute atomic E-state index is 12.7. The fourth-order valence-corrected chi connectivity index (χ4v) is 4.34. The van der Waals surface area contributed by atoms with Gasteiger partial charge in [0.05, 0.1) is 6.42 Å². The number of amides is 2. The molecule has 1 aliphatic heterocycles. The molecule has 0 spiro atoms. The molecule has 4 N–H and O–H groups in total. The number of pyridine rings is 1. The highest BCUT2D eigenvalue weighted by atomic mass is 19.4. The number of rotatable bonds is 8. The van der Waals surface area contributed by atoms with Crippen LogP contribution in [0.3, 0.4) is 0 Å². The fraction of sp³-hybridized carbons (Fsp3) is 0.321. The van der Waals surface area contributed by atoms with Crippen molar-refractivity contribution in [3.63, 3.8) is 0 Å². The van der Waals surface area contributed by atoms with Gasteiger partial charge in [0, 0.05) is 43.7 Å². The zero-order valence-electron chi connectivity index (χ0n) is 21.3. The number of benzene rings is 2. The maximum atomic E-state index is 12.7. The summed E-state index contributed by atoms with van der Waals surface area (Å²) in [4.78, 5) is 30.9. The molecule has 8 nitrogen and oxygen atoms in total. The molecule has 0 unspecified atom stereocenters. The summed E-state index contributed by atoms with van der Waals surface area (Å²) < 4.78 is 46.8. The van der Waals surface area contributed by atoms with Gasteiger partial charge >= 0.3 is 6.36 Å². The normalized spacial score (nSPS) is 15.1. The van der Waals surface area contributed by atoms with Crippen molar-refractivity contribution in [1.29, 1.82) is 0 Å². The molecule has 3 aromatic rings. The molecule has 4 rings (SSSR count). The van der Waals surface area contributed by atoms with Crippen molar-refractivity contribution in [2.45, 2.75) is 44.7 Å². The molecule has 2 amide bonds. The van der Waals surface area contributed by atoms with Gasteiger partial charge in [0.1, 0.15) is 17.4 Å². The molecule has 1 aromatic heterocycles. The van der Waals surface area contributed by atoms with E-state index in [4.69, 9.17) is 16.2 Å². The number of nitrogens with zero attached hydrogens (tertiary/aromatic N) is 2. The smallest absolute Gasteiger partial charge is 0.474 e. The van der Waals surface area contributed by atoms with Crippen LogP contribution in [0.1, 0.15) is 47.3 Å². The van der Waals surface area contributed by atoms with Crippen LogP contribution >= 0.6 is 0 Å². The Bertz CT molecular complexity index is 1300. The zero-order valence-corrected chi connectivity index (χ0v) is 21.3. The number of aromatic nitrogens is 1. The monoisotopic (exact) mass is 542 g/mol. The van der Waals surface area contributed by atoms with Crippen LogP contribution in [-0.2, 0) is 11.2 Å². The first-order valence-corrected chi connectivity index (χ1v) is 12.4. The largest absolute Gasteiger partial charge is 0.573 e. The van der Waals surface area contributed by atoms with Crippen LogP contribution in [0.15, 0.2) is 60.8 Å². The van der Waals surface area contributed by atoms with Gasteiger partial charge in [0.2, 0.25) is 11.8 Å². The number of nitrogens with two attached hydrogens (primary N) is 2. The Balaban J connectivity index is 1.34. The van der Waals surface area contributed by atoms with Crippen LogP contribution in [0.2, 0.25) is 0 Å².